The van der Waals surface area contributed by atoms with Crippen LogP contribution in [0.3, 0.4) is 0 Å². The van der Waals surface area contributed by atoms with Gasteiger partial charge in [0.15, 0.2) is 5.96 Å². The normalized spacial score (nSPS) is 30.1. The zero-order chi connectivity index (χ0) is 44.0. The van der Waals surface area contributed by atoms with Crippen molar-refractivity contribution in [3.05, 3.63) is 142 Å². The summed E-state index contributed by atoms with van der Waals surface area (Å²) >= 11 is 0. The highest BCUT2D eigenvalue weighted by Crippen LogP contribution is 2.55. The van der Waals surface area contributed by atoms with Crippen molar-refractivity contribution in [1.29, 1.82) is 0 Å². The molecule has 63 heavy (non-hydrogen) atoms. The lowest BCUT2D eigenvalue weighted by atomic mass is 9.64. The third kappa shape index (κ3) is 8.62. The van der Waals surface area contributed by atoms with Crippen molar-refractivity contribution < 1.29 is 37.8 Å². The summed E-state index contributed by atoms with van der Waals surface area (Å²) in [6.45, 7) is 1.86. The highest BCUT2D eigenvalue weighted by Gasteiger charge is 2.49. The number of allylic oxidation sites excluding steroid dienone is 1. The predicted octanol–water partition coefficient (Wildman–Crippen LogP) is 7.00. The minimum absolute atomic E-state index is 0.0739. The van der Waals surface area contributed by atoms with Crippen LogP contribution >= 0.6 is 0 Å². The van der Waals surface area contributed by atoms with Crippen LogP contribution in [0.5, 0.6) is 11.5 Å². The Morgan fingerprint density at radius 3 is 2.49 bits per heavy atom. The zero-order valence-electron chi connectivity index (χ0n) is 35.5. The first-order chi connectivity index (χ1) is 30.3. The van der Waals surface area contributed by atoms with E-state index in [2.05, 4.69) is 18.8 Å². The van der Waals surface area contributed by atoms with Gasteiger partial charge >= 0.3 is 0 Å². The van der Waals surface area contributed by atoms with E-state index in [9.17, 15) is 28.3 Å². The second-order valence-electron chi connectivity index (χ2n) is 18.6. The molecule has 1 fully saturated rings. The standard InChI is InChI=1S/C51H57N3O8S/c1-30-10-11-35-23-41-17-19-42(35)44(30)26-47(63(58,59)60)45-24-38-21-37(25-46-36(29-56)9-5-8-34-22-40(57)16-18-43(34)49(38)61-46)48(45)33-12-14-39(15-13-33)51(62-41,54-50(52)53)27-32(28-55)20-31-6-3-2-4-7-31/h2-4,6-7,12-19,22-24,30,32,36-37,44-49,55-57H,9-11,20-21,25-29H2,1H3,(H4,52,53,54)(H,58,59,60)/t30-,32+,36+,37+,44-,45-,46-,47+,48-,49+,51-/m0/s1. The van der Waals surface area contributed by atoms with Crippen LogP contribution in [-0.2, 0) is 33.4 Å². The van der Waals surface area contributed by atoms with Crippen LogP contribution in [0.1, 0.15) is 102 Å². The van der Waals surface area contributed by atoms with Crippen LogP contribution in [0.15, 0.2) is 108 Å². The maximum absolute atomic E-state index is 14.1. The van der Waals surface area contributed by atoms with Gasteiger partial charge in [0.25, 0.3) is 10.1 Å². The van der Waals surface area contributed by atoms with Crippen LogP contribution < -0.4 is 16.2 Å². The monoisotopic (exact) mass is 871 g/mol. The van der Waals surface area contributed by atoms with Crippen molar-refractivity contribution in [2.75, 3.05) is 13.2 Å². The number of hydrogen-bond donors (Lipinski definition) is 6. The number of aryl methyl sites for hydroxylation is 1. The van der Waals surface area contributed by atoms with Crippen molar-refractivity contribution in [3.63, 3.8) is 0 Å². The molecule has 0 unspecified atom stereocenters. The molecule has 4 aromatic rings. The van der Waals surface area contributed by atoms with Gasteiger partial charge in [0, 0.05) is 54.6 Å². The molecule has 11 nitrogen and oxygen atoms in total. The fraction of sp³-hybridized carbons (Fsp3) is 0.431. The fourth-order valence-electron chi connectivity index (χ4n) is 11.5. The number of nitrogens with zero attached hydrogens (tertiary/aromatic N) is 1. The average molecular weight is 872 g/mol. The molecular formula is C51H57N3O8S. The molecule has 8 N–H and O–H groups in total. The lowest BCUT2D eigenvalue weighted by Crippen LogP contribution is -2.40. The van der Waals surface area contributed by atoms with E-state index in [0.29, 0.717) is 42.6 Å². The summed E-state index contributed by atoms with van der Waals surface area (Å²) in [6.07, 6.45) is 5.03. The molecule has 10 bridgehead atoms. The number of fused-ring (bicyclic) bond motifs is 9. The van der Waals surface area contributed by atoms with Gasteiger partial charge in [-0.15, -0.1) is 0 Å². The Labute approximate surface area is 370 Å². The molecular weight excluding hydrogens is 815 g/mol. The van der Waals surface area contributed by atoms with E-state index in [1.54, 1.807) is 12.1 Å². The van der Waals surface area contributed by atoms with E-state index in [1.165, 1.54) is 0 Å². The molecule has 330 valence electrons. The molecule has 5 heterocycles. The van der Waals surface area contributed by atoms with Crippen LogP contribution in [0, 0.1) is 41.4 Å². The van der Waals surface area contributed by atoms with Gasteiger partial charge < -0.3 is 36.3 Å². The fourth-order valence-corrected chi connectivity index (χ4v) is 12.6. The number of aliphatic imine (C=N–C) groups is 1. The summed E-state index contributed by atoms with van der Waals surface area (Å²) in [7, 11) is -4.65. The van der Waals surface area contributed by atoms with Crippen molar-refractivity contribution in [2.45, 2.75) is 93.3 Å². The van der Waals surface area contributed by atoms with Gasteiger partial charge in [-0.05, 0) is 120 Å². The lowest BCUT2D eigenvalue weighted by Gasteiger charge is -2.42. The summed E-state index contributed by atoms with van der Waals surface area (Å²) < 4.78 is 53.9. The first kappa shape index (κ1) is 43.1. The van der Waals surface area contributed by atoms with E-state index in [-0.39, 0.29) is 73.3 Å². The van der Waals surface area contributed by atoms with E-state index >= 15 is 0 Å². The predicted molar refractivity (Wildman–Crippen MR) is 241 cm³/mol. The Bertz CT molecular complexity index is 2570. The second-order valence-corrected chi connectivity index (χ2v) is 20.2. The first-order valence-electron chi connectivity index (χ1n) is 22.2. The maximum Gasteiger partial charge on any atom is 0.268 e. The summed E-state index contributed by atoms with van der Waals surface area (Å²) in [5, 5.41) is 31.0. The highest BCUT2D eigenvalue weighted by molar-refractivity contribution is 7.86. The number of guanidine groups is 1. The maximum atomic E-state index is 14.1. The Hall–Kier alpha value is -5.16. The van der Waals surface area contributed by atoms with Crippen molar-refractivity contribution in [2.24, 2.45) is 46.0 Å². The molecule has 11 atom stereocenters. The van der Waals surface area contributed by atoms with Gasteiger partial charge in [-0.25, -0.2) is 4.99 Å². The van der Waals surface area contributed by atoms with Gasteiger partial charge in [0.2, 0.25) is 5.72 Å². The van der Waals surface area contributed by atoms with E-state index in [4.69, 9.17) is 25.9 Å². The van der Waals surface area contributed by atoms with Crippen LogP contribution in [-0.4, -0.2) is 58.8 Å². The van der Waals surface area contributed by atoms with Crippen molar-refractivity contribution in [1.82, 2.24) is 0 Å². The number of phenols is 1. The van der Waals surface area contributed by atoms with Crippen LogP contribution in [0.25, 0.3) is 0 Å². The van der Waals surface area contributed by atoms with Gasteiger partial charge in [-0.3, -0.25) is 4.55 Å². The summed E-state index contributed by atoms with van der Waals surface area (Å²) in [5.74, 6) is 5.00. The Morgan fingerprint density at radius 2 is 1.76 bits per heavy atom. The van der Waals surface area contributed by atoms with Gasteiger partial charge in [-0.1, -0.05) is 91.6 Å². The van der Waals surface area contributed by atoms with Crippen LogP contribution in [0.2, 0.25) is 0 Å². The molecule has 0 aromatic heterocycles. The largest absolute Gasteiger partial charge is 0.508 e. The molecule has 1 saturated heterocycles. The Balaban J connectivity index is 1.25. The minimum atomic E-state index is -4.65. The number of ether oxygens (including phenoxy) is 2. The van der Waals surface area contributed by atoms with Gasteiger partial charge in [0.05, 0.1) is 11.4 Å². The number of rotatable bonds is 8. The number of aliphatic hydroxyl groups excluding tert-OH is 2. The number of aromatic hydroxyl groups is 1. The molecule has 0 amide bonds. The SMILES string of the molecule is C[C@H]1CCc2cc3ccc2[C@H]1C[C@@H](S(=O)(=O)O)[C@@H]1C=C2C[C@H](C[C@@H]4O[C@H]2c2ccc(O)cc2C#CC[C@@H]4CO)[C@@H]1c1ccc(cc1)[C@@](C[C@H](CO)Cc1ccccc1)(N=C(N)N)O3. The molecule has 4 aromatic carbocycles. The van der Waals surface area contributed by atoms with E-state index < -0.39 is 39.2 Å². The zero-order valence-corrected chi connectivity index (χ0v) is 36.3. The minimum Gasteiger partial charge on any atom is -0.508 e. The third-order valence-electron chi connectivity index (χ3n) is 14.6. The highest BCUT2D eigenvalue weighted by atomic mass is 32.2. The molecule has 2 aliphatic carbocycles. The molecule has 0 spiro atoms. The smallest absolute Gasteiger partial charge is 0.268 e. The molecule has 12 heteroatoms. The number of hydrogen-bond acceptors (Lipinski definition) is 8. The lowest BCUT2D eigenvalue weighted by molar-refractivity contribution is -0.0416. The van der Waals surface area contributed by atoms with Crippen molar-refractivity contribution in [3.8, 4) is 23.3 Å². The summed E-state index contributed by atoms with van der Waals surface area (Å²) in [6, 6.07) is 28.8. The number of benzene rings is 4. The first-order valence-corrected chi connectivity index (χ1v) is 23.8. The number of nitrogens with two attached hydrogens (primary N) is 2. The van der Waals surface area contributed by atoms with Gasteiger partial charge in [-0.2, -0.15) is 8.42 Å². The molecule has 0 radical (unpaired) electrons. The number of phenolic OH excluding ortho intramolecular Hbond substituents is 1. The third-order valence-corrected chi connectivity index (χ3v) is 15.9. The molecule has 5 aliphatic heterocycles. The summed E-state index contributed by atoms with van der Waals surface area (Å²) in [5.41, 5.74) is 18.0. The molecule has 11 rings (SSSR count). The topological polar surface area (TPSA) is 198 Å². The van der Waals surface area contributed by atoms with Crippen LogP contribution in [0.4, 0.5) is 0 Å². The van der Waals surface area contributed by atoms with Gasteiger partial charge in [0.1, 0.15) is 17.6 Å². The molecule has 0 saturated carbocycles. The Kier molecular flexibility index (Phi) is 11.9. The van der Waals surface area contributed by atoms with Crippen molar-refractivity contribution >= 4 is 16.1 Å². The Morgan fingerprint density at radius 1 is 0.984 bits per heavy atom. The number of aliphatic hydroxyl groups is 2. The van der Waals surface area contributed by atoms with E-state index in [1.807, 2.05) is 84.9 Å². The summed E-state index contributed by atoms with van der Waals surface area (Å²) in [4.78, 5) is 4.87. The molecule has 7 aliphatic rings. The van der Waals surface area contributed by atoms with E-state index in [0.717, 1.165) is 46.2 Å². The average Bonchev–Trinajstić information content (AvgIpc) is 3.35. The second kappa shape index (κ2) is 17.4. The quantitative estimate of drug-likeness (QED) is 0.0352.